The number of hydrogen-bond acceptors (Lipinski definition) is 4. The zero-order chi connectivity index (χ0) is 16.7. The molecular formula is C18H17N5O. The Morgan fingerprint density at radius 1 is 1.00 bits per heavy atom. The van der Waals surface area contributed by atoms with Crippen molar-refractivity contribution in [2.24, 2.45) is 10.2 Å². The summed E-state index contributed by atoms with van der Waals surface area (Å²) in [7, 11) is 0. The van der Waals surface area contributed by atoms with Gasteiger partial charge in [-0.15, -0.1) is 10.2 Å². The van der Waals surface area contributed by atoms with E-state index in [4.69, 9.17) is 0 Å². The molecule has 0 amide bonds. The highest BCUT2D eigenvalue weighted by atomic mass is 16.3. The van der Waals surface area contributed by atoms with Gasteiger partial charge in [-0.3, -0.25) is 0 Å². The first-order chi connectivity index (χ1) is 11.6. The normalized spacial score (nSPS) is 12.1. The summed E-state index contributed by atoms with van der Waals surface area (Å²) in [5, 5.41) is 19.3. The van der Waals surface area contributed by atoms with Crippen molar-refractivity contribution in [1.82, 2.24) is 15.0 Å². The van der Waals surface area contributed by atoms with Gasteiger partial charge in [0, 0.05) is 5.39 Å². The van der Waals surface area contributed by atoms with Crippen molar-refractivity contribution in [2.45, 2.75) is 19.8 Å². The number of nitrogens with zero attached hydrogens (tertiary/aromatic N) is 3. The summed E-state index contributed by atoms with van der Waals surface area (Å²) >= 11 is 0. The monoisotopic (exact) mass is 319 g/mol. The molecule has 0 radical (unpaired) electrons. The molecule has 0 aliphatic rings. The maximum Gasteiger partial charge on any atom is 0.247 e. The average Bonchev–Trinajstić information content (AvgIpc) is 3.11. The summed E-state index contributed by atoms with van der Waals surface area (Å²) < 4.78 is 0. The smallest absolute Gasteiger partial charge is 0.247 e. The molecule has 0 spiro atoms. The molecule has 0 saturated carbocycles. The van der Waals surface area contributed by atoms with Crippen LogP contribution in [0.4, 0.5) is 11.6 Å². The van der Waals surface area contributed by atoms with E-state index in [9.17, 15) is 5.11 Å². The standard InChI is InChI=1S/C18H17N5O/c1-10(2)11-7-8-13-12(9-11)16(17(24)19-13)22-23-18-20-14-5-3-4-6-15(14)21-18/h3-10,19,24H,1-2H3,(H,20,21). The lowest BCUT2D eigenvalue weighted by molar-refractivity contribution is 0.459. The highest BCUT2D eigenvalue weighted by molar-refractivity contribution is 5.94. The van der Waals surface area contributed by atoms with Gasteiger partial charge in [-0.2, -0.15) is 0 Å². The lowest BCUT2D eigenvalue weighted by Crippen LogP contribution is -1.85. The fourth-order valence-corrected chi connectivity index (χ4v) is 2.73. The third kappa shape index (κ3) is 2.42. The Balaban J connectivity index is 1.77. The molecule has 0 saturated heterocycles. The fraction of sp³-hybridized carbons (Fsp3) is 0.167. The largest absolute Gasteiger partial charge is 0.493 e. The zero-order valence-corrected chi connectivity index (χ0v) is 13.4. The van der Waals surface area contributed by atoms with Crippen LogP contribution in [0.15, 0.2) is 52.7 Å². The Labute approximate surface area is 138 Å². The van der Waals surface area contributed by atoms with E-state index in [2.05, 4.69) is 39.0 Å². The lowest BCUT2D eigenvalue weighted by Gasteiger charge is -2.04. The second-order valence-corrected chi connectivity index (χ2v) is 6.06. The summed E-state index contributed by atoms with van der Waals surface area (Å²) in [5.74, 6) is 0.808. The van der Waals surface area contributed by atoms with Crippen LogP contribution in [0.25, 0.3) is 21.9 Å². The first-order valence-corrected chi connectivity index (χ1v) is 7.83. The molecule has 0 unspecified atom stereocenters. The Hall–Kier alpha value is -3.15. The summed E-state index contributed by atoms with van der Waals surface area (Å²) in [6.45, 7) is 4.26. The van der Waals surface area contributed by atoms with Gasteiger partial charge in [0.1, 0.15) is 0 Å². The number of imidazole rings is 1. The first kappa shape index (κ1) is 14.4. The van der Waals surface area contributed by atoms with Crippen molar-refractivity contribution < 1.29 is 5.11 Å². The zero-order valence-electron chi connectivity index (χ0n) is 13.4. The van der Waals surface area contributed by atoms with Gasteiger partial charge in [0.15, 0.2) is 5.69 Å². The number of nitrogens with one attached hydrogen (secondary N) is 2. The third-order valence-electron chi connectivity index (χ3n) is 4.06. The number of rotatable bonds is 3. The molecule has 24 heavy (non-hydrogen) atoms. The van der Waals surface area contributed by atoms with Gasteiger partial charge >= 0.3 is 0 Å². The summed E-state index contributed by atoms with van der Waals surface area (Å²) in [6.07, 6.45) is 0. The van der Waals surface area contributed by atoms with E-state index >= 15 is 0 Å². The highest BCUT2D eigenvalue weighted by Gasteiger charge is 2.12. The van der Waals surface area contributed by atoms with Crippen molar-refractivity contribution in [3.05, 3.63) is 48.0 Å². The Bertz CT molecular complexity index is 1020. The van der Waals surface area contributed by atoms with Crippen LogP contribution >= 0.6 is 0 Å². The van der Waals surface area contributed by atoms with Crippen molar-refractivity contribution in [1.29, 1.82) is 0 Å². The van der Waals surface area contributed by atoms with E-state index in [1.165, 1.54) is 5.56 Å². The molecule has 2 aromatic carbocycles. The Morgan fingerprint density at radius 2 is 1.83 bits per heavy atom. The van der Waals surface area contributed by atoms with Crippen LogP contribution in [-0.2, 0) is 0 Å². The number of benzene rings is 2. The predicted octanol–water partition coefficient (Wildman–Crippen LogP) is 5.29. The second-order valence-electron chi connectivity index (χ2n) is 6.06. The van der Waals surface area contributed by atoms with Crippen molar-refractivity contribution in [3.8, 4) is 5.88 Å². The van der Waals surface area contributed by atoms with Crippen molar-refractivity contribution >= 4 is 33.6 Å². The number of H-pyrrole nitrogens is 2. The molecule has 0 aliphatic heterocycles. The van der Waals surface area contributed by atoms with E-state index in [1.807, 2.05) is 42.5 Å². The molecule has 0 atom stereocenters. The molecule has 120 valence electrons. The maximum absolute atomic E-state index is 10.1. The molecule has 4 rings (SSSR count). The van der Waals surface area contributed by atoms with Gasteiger partial charge in [0.25, 0.3) is 0 Å². The van der Waals surface area contributed by atoms with Gasteiger partial charge in [-0.05, 0) is 35.7 Å². The maximum atomic E-state index is 10.1. The quantitative estimate of drug-likeness (QED) is 0.448. The van der Waals surface area contributed by atoms with Crippen LogP contribution in [0, 0.1) is 0 Å². The van der Waals surface area contributed by atoms with Crippen LogP contribution in [0.2, 0.25) is 0 Å². The average molecular weight is 319 g/mol. The van der Waals surface area contributed by atoms with E-state index in [0.717, 1.165) is 21.9 Å². The minimum Gasteiger partial charge on any atom is -0.493 e. The van der Waals surface area contributed by atoms with Crippen LogP contribution in [-0.4, -0.2) is 20.1 Å². The highest BCUT2D eigenvalue weighted by Crippen LogP contribution is 2.37. The number of aromatic amines is 2. The van der Waals surface area contributed by atoms with Gasteiger partial charge < -0.3 is 15.1 Å². The predicted molar refractivity (Wildman–Crippen MR) is 94.3 cm³/mol. The van der Waals surface area contributed by atoms with Crippen molar-refractivity contribution in [3.63, 3.8) is 0 Å². The lowest BCUT2D eigenvalue weighted by atomic mass is 10.0. The third-order valence-corrected chi connectivity index (χ3v) is 4.06. The number of para-hydroxylation sites is 2. The number of aromatic nitrogens is 3. The topological polar surface area (TPSA) is 89.4 Å². The molecule has 4 aromatic rings. The molecule has 2 aromatic heterocycles. The van der Waals surface area contributed by atoms with Crippen LogP contribution in [0.1, 0.15) is 25.3 Å². The van der Waals surface area contributed by atoms with Crippen LogP contribution < -0.4 is 0 Å². The minimum absolute atomic E-state index is 0.00534. The van der Waals surface area contributed by atoms with Gasteiger partial charge in [0.05, 0.1) is 16.6 Å². The second kappa shape index (κ2) is 5.49. The molecule has 0 bridgehead atoms. The Morgan fingerprint density at radius 3 is 2.62 bits per heavy atom. The van der Waals surface area contributed by atoms with Gasteiger partial charge in [-0.25, -0.2) is 4.98 Å². The minimum atomic E-state index is 0.00534. The first-order valence-electron chi connectivity index (χ1n) is 7.83. The number of fused-ring (bicyclic) bond motifs is 2. The summed E-state index contributed by atoms with van der Waals surface area (Å²) in [4.78, 5) is 10.4. The van der Waals surface area contributed by atoms with E-state index in [1.54, 1.807) is 0 Å². The molecule has 0 aliphatic carbocycles. The van der Waals surface area contributed by atoms with Crippen LogP contribution in [0.3, 0.4) is 0 Å². The van der Waals surface area contributed by atoms with Gasteiger partial charge in [0.2, 0.25) is 11.8 Å². The van der Waals surface area contributed by atoms with E-state index in [-0.39, 0.29) is 5.88 Å². The molecule has 0 fully saturated rings. The number of azo groups is 1. The summed E-state index contributed by atoms with van der Waals surface area (Å²) in [5.41, 5.74) is 4.17. The molecule has 6 heteroatoms. The van der Waals surface area contributed by atoms with Crippen LogP contribution in [0.5, 0.6) is 5.88 Å². The Kier molecular flexibility index (Phi) is 3.30. The van der Waals surface area contributed by atoms with E-state index in [0.29, 0.717) is 17.6 Å². The number of aromatic hydroxyl groups is 1. The van der Waals surface area contributed by atoms with Gasteiger partial charge in [-0.1, -0.05) is 32.0 Å². The van der Waals surface area contributed by atoms with E-state index < -0.39 is 0 Å². The number of hydrogen-bond donors (Lipinski definition) is 3. The molecule has 6 nitrogen and oxygen atoms in total. The SMILES string of the molecule is CC(C)c1ccc2[nH]c(O)c(N=Nc3nc4ccccc4[nH]3)c2c1. The molecular weight excluding hydrogens is 302 g/mol. The summed E-state index contributed by atoms with van der Waals surface area (Å²) in [6, 6.07) is 13.7. The molecule has 2 heterocycles. The molecule has 3 N–H and O–H groups in total. The fourth-order valence-electron chi connectivity index (χ4n) is 2.73. The van der Waals surface area contributed by atoms with Crippen molar-refractivity contribution in [2.75, 3.05) is 0 Å².